The Morgan fingerprint density at radius 1 is 0.885 bits per heavy atom. The molecule has 0 N–H and O–H groups in total. The molecule has 0 aliphatic heterocycles. The molecule has 26 heavy (non-hydrogen) atoms. The lowest BCUT2D eigenvalue weighted by molar-refractivity contribution is -0.161. The van der Waals surface area contributed by atoms with Crippen molar-refractivity contribution in [3.63, 3.8) is 0 Å². The highest BCUT2D eigenvalue weighted by molar-refractivity contribution is 5.82. The number of hydrogen-bond acceptors (Lipinski definition) is 4. The van der Waals surface area contributed by atoms with Crippen LogP contribution in [0.2, 0.25) is 0 Å². The van der Waals surface area contributed by atoms with Crippen LogP contribution in [0.1, 0.15) is 51.0 Å². The molecular weight excluding hydrogens is 328 g/mol. The van der Waals surface area contributed by atoms with Crippen molar-refractivity contribution in [2.75, 3.05) is 13.2 Å². The number of carbonyl (C=O) groups is 2. The van der Waals surface area contributed by atoms with Crippen molar-refractivity contribution in [2.45, 2.75) is 51.9 Å². The molecule has 2 atom stereocenters. The summed E-state index contributed by atoms with van der Waals surface area (Å²) in [6.07, 6.45) is 9.67. The Morgan fingerprint density at radius 2 is 1.46 bits per heavy atom. The van der Waals surface area contributed by atoms with Gasteiger partial charge in [0.15, 0.2) is 0 Å². The summed E-state index contributed by atoms with van der Waals surface area (Å²) in [7, 11) is 0. The largest absolute Gasteiger partial charge is 0.465 e. The molecule has 0 bridgehead atoms. The molecule has 2 unspecified atom stereocenters. The summed E-state index contributed by atoms with van der Waals surface area (Å²) in [5.74, 6) is -1.38. The van der Waals surface area contributed by atoms with E-state index in [0.29, 0.717) is 26.1 Å². The van der Waals surface area contributed by atoms with Gasteiger partial charge in [0.25, 0.3) is 0 Å². The van der Waals surface area contributed by atoms with Crippen LogP contribution in [-0.4, -0.2) is 25.2 Å². The standard InChI is InChI=1S/C22H30O4/c1-2-3-9-16-25-21(23)19-14-7-8-15-20(19)22(24)26-17-10-13-18-11-5-4-6-12-18/h4-8,11-12,19-20H,2-3,9-10,13-17H2,1H3. The fourth-order valence-electron chi connectivity index (χ4n) is 3.17. The van der Waals surface area contributed by atoms with Crippen LogP contribution in [0.3, 0.4) is 0 Å². The van der Waals surface area contributed by atoms with Crippen LogP contribution in [0.15, 0.2) is 42.5 Å². The fraction of sp³-hybridized carbons (Fsp3) is 0.545. The summed E-state index contributed by atoms with van der Waals surface area (Å²) >= 11 is 0. The van der Waals surface area contributed by atoms with E-state index >= 15 is 0 Å². The molecule has 0 aromatic heterocycles. The first-order valence-corrected chi connectivity index (χ1v) is 9.74. The molecule has 0 radical (unpaired) electrons. The lowest BCUT2D eigenvalue weighted by atomic mass is 9.83. The smallest absolute Gasteiger partial charge is 0.310 e. The van der Waals surface area contributed by atoms with Crippen molar-refractivity contribution in [3.8, 4) is 0 Å². The number of hydrogen-bond donors (Lipinski definition) is 0. The van der Waals surface area contributed by atoms with Gasteiger partial charge in [-0.15, -0.1) is 0 Å². The van der Waals surface area contributed by atoms with Crippen molar-refractivity contribution in [1.29, 1.82) is 0 Å². The second-order valence-electron chi connectivity index (χ2n) is 6.79. The first-order chi connectivity index (χ1) is 12.7. The predicted octanol–water partition coefficient (Wildman–Crippen LogP) is 4.48. The maximum atomic E-state index is 12.4. The zero-order chi connectivity index (χ0) is 18.6. The Hall–Kier alpha value is -2.10. The topological polar surface area (TPSA) is 52.6 Å². The third kappa shape index (κ3) is 6.66. The highest BCUT2D eigenvalue weighted by Crippen LogP contribution is 2.28. The lowest BCUT2D eigenvalue weighted by Crippen LogP contribution is -2.34. The van der Waals surface area contributed by atoms with Gasteiger partial charge in [-0.05, 0) is 37.7 Å². The van der Waals surface area contributed by atoms with Gasteiger partial charge in [-0.25, -0.2) is 0 Å². The maximum Gasteiger partial charge on any atom is 0.310 e. The molecule has 0 spiro atoms. The first-order valence-electron chi connectivity index (χ1n) is 9.74. The highest BCUT2D eigenvalue weighted by Gasteiger charge is 2.36. The van der Waals surface area contributed by atoms with Crippen molar-refractivity contribution < 1.29 is 19.1 Å². The van der Waals surface area contributed by atoms with Gasteiger partial charge in [0.2, 0.25) is 0 Å². The maximum absolute atomic E-state index is 12.4. The van der Waals surface area contributed by atoms with Gasteiger partial charge < -0.3 is 9.47 Å². The first kappa shape index (κ1) is 20.2. The Bertz CT molecular complexity index is 579. The highest BCUT2D eigenvalue weighted by atomic mass is 16.5. The van der Waals surface area contributed by atoms with E-state index in [1.807, 2.05) is 30.4 Å². The van der Waals surface area contributed by atoms with Crippen molar-refractivity contribution in [1.82, 2.24) is 0 Å². The molecule has 4 heteroatoms. The van der Waals surface area contributed by atoms with E-state index in [4.69, 9.17) is 9.47 Å². The molecule has 4 nitrogen and oxygen atoms in total. The zero-order valence-corrected chi connectivity index (χ0v) is 15.7. The Morgan fingerprint density at radius 3 is 2.04 bits per heavy atom. The number of benzene rings is 1. The second-order valence-corrected chi connectivity index (χ2v) is 6.79. The lowest BCUT2D eigenvalue weighted by Gasteiger charge is -2.25. The van der Waals surface area contributed by atoms with Crippen LogP contribution < -0.4 is 0 Å². The average Bonchev–Trinajstić information content (AvgIpc) is 2.69. The van der Waals surface area contributed by atoms with Crippen molar-refractivity contribution in [3.05, 3.63) is 48.0 Å². The van der Waals surface area contributed by atoms with Crippen LogP contribution in [0.4, 0.5) is 0 Å². The van der Waals surface area contributed by atoms with Crippen LogP contribution in [0.25, 0.3) is 0 Å². The number of esters is 2. The number of rotatable bonds is 10. The van der Waals surface area contributed by atoms with Gasteiger partial charge >= 0.3 is 11.9 Å². The quantitative estimate of drug-likeness (QED) is 0.352. The Kier molecular flexibility index (Phi) is 8.94. The SMILES string of the molecule is CCCCCOC(=O)C1CC=CCC1C(=O)OCCCc1ccccc1. The molecule has 0 saturated carbocycles. The average molecular weight is 358 g/mol. The molecule has 0 saturated heterocycles. The molecule has 1 aliphatic rings. The van der Waals surface area contributed by atoms with Crippen molar-refractivity contribution in [2.24, 2.45) is 11.8 Å². The molecule has 1 aromatic carbocycles. The number of unbranched alkanes of at least 4 members (excludes halogenated alkanes) is 2. The summed E-state index contributed by atoms with van der Waals surface area (Å²) < 4.78 is 10.8. The molecule has 142 valence electrons. The normalized spacial score (nSPS) is 19.1. The predicted molar refractivity (Wildman–Crippen MR) is 102 cm³/mol. The third-order valence-electron chi connectivity index (χ3n) is 4.73. The number of carbonyl (C=O) groups excluding carboxylic acids is 2. The van der Waals surface area contributed by atoms with Gasteiger partial charge in [-0.1, -0.05) is 62.2 Å². The molecule has 0 fully saturated rings. The summed E-state index contributed by atoms with van der Waals surface area (Å²) in [6.45, 7) is 2.93. The van der Waals surface area contributed by atoms with Crippen molar-refractivity contribution >= 4 is 11.9 Å². The van der Waals surface area contributed by atoms with Gasteiger partial charge in [-0.2, -0.15) is 0 Å². The summed E-state index contributed by atoms with van der Waals surface area (Å²) in [5.41, 5.74) is 1.23. The third-order valence-corrected chi connectivity index (χ3v) is 4.73. The minimum atomic E-state index is -0.421. The van der Waals surface area contributed by atoms with Gasteiger partial charge in [0.05, 0.1) is 25.0 Å². The van der Waals surface area contributed by atoms with E-state index in [0.717, 1.165) is 32.1 Å². The molecule has 1 aromatic rings. The van der Waals surface area contributed by atoms with E-state index in [-0.39, 0.29) is 11.9 Å². The van der Waals surface area contributed by atoms with E-state index < -0.39 is 11.8 Å². The van der Waals surface area contributed by atoms with Crippen LogP contribution >= 0.6 is 0 Å². The summed E-state index contributed by atoms with van der Waals surface area (Å²) in [4.78, 5) is 24.8. The summed E-state index contributed by atoms with van der Waals surface area (Å²) in [6, 6.07) is 10.1. The van der Waals surface area contributed by atoms with E-state index in [9.17, 15) is 9.59 Å². The van der Waals surface area contributed by atoms with E-state index in [1.165, 1.54) is 5.56 Å². The minimum Gasteiger partial charge on any atom is -0.465 e. The van der Waals surface area contributed by atoms with Gasteiger partial charge in [0.1, 0.15) is 0 Å². The number of aryl methyl sites for hydroxylation is 1. The van der Waals surface area contributed by atoms with Gasteiger partial charge in [0, 0.05) is 0 Å². The zero-order valence-electron chi connectivity index (χ0n) is 15.7. The number of ether oxygens (including phenoxy) is 2. The minimum absolute atomic E-state index is 0.267. The fourth-order valence-corrected chi connectivity index (χ4v) is 3.17. The molecule has 0 amide bonds. The molecule has 2 rings (SSSR count). The second kappa shape index (κ2) is 11.5. The molecular formula is C22H30O4. The number of allylic oxidation sites excluding steroid dienone is 2. The molecule has 1 aliphatic carbocycles. The Balaban J connectivity index is 1.75. The monoisotopic (exact) mass is 358 g/mol. The van der Waals surface area contributed by atoms with Gasteiger partial charge in [-0.3, -0.25) is 9.59 Å². The van der Waals surface area contributed by atoms with E-state index in [2.05, 4.69) is 19.1 Å². The Labute approximate surface area is 156 Å². The summed E-state index contributed by atoms with van der Waals surface area (Å²) in [5, 5.41) is 0. The van der Waals surface area contributed by atoms with Crippen LogP contribution in [-0.2, 0) is 25.5 Å². The molecule has 0 heterocycles. The van der Waals surface area contributed by atoms with E-state index in [1.54, 1.807) is 0 Å². The van der Waals surface area contributed by atoms with Crippen LogP contribution in [0.5, 0.6) is 0 Å². The van der Waals surface area contributed by atoms with Crippen LogP contribution in [0, 0.1) is 11.8 Å².